The monoisotopic (exact) mass is 324 g/mol. The van der Waals surface area contributed by atoms with Gasteiger partial charge < -0.3 is 15.1 Å². The van der Waals surface area contributed by atoms with Gasteiger partial charge in [-0.05, 0) is 50.1 Å². The van der Waals surface area contributed by atoms with E-state index in [4.69, 9.17) is 4.42 Å². The van der Waals surface area contributed by atoms with Gasteiger partial charge in [0.25, 0.3) is 5.91 Å². The first kappa shape index (κ1) is 16.5. The molecule has 1 aromatic carbocycles. The molecule has 0 unspecified atom stereocenters. The topological polar surface area (TPSA) is 54.3 Å². The number of halogens is 2. The van der Waals surface area contributed by atoms with Crippen molar-refractivity contribution in [3.05, 3.63) is 52.2 Å². The van der Waals surface area contributed by atoms with E-state index in [0.717, 1.165) is 12.1 Å². The fourth-order valence-electron chi connectivity index (χ4n) is 2.68. The van der Waals surface area contributed by atoms with Crippen LogP contribution in [0.25, 0.3) is 0 Å². The molecular formula is C16H18ClFN2O2. The quantitative estimate of drug-likeness (QED) is 0.890. The third-order valence-corrected chi connectivity index (χ3v) is 3.74. The smallest absolute Gasteiger partial charge is 0.259 e. The Morgan fingerprint density at radius 3 is 2.82 bits per heavy atom. The summed E-state index contributed by atoms with van der Waals surface area (Å²) in [5, 5.41) is 5.83. The number of anilines is 1. The number of furan rings is 1. The predicted octanol–water partition coefficient (Wildman–Crippen LogP) is 3.36. The zero-order valence-electron chi connectivity index (χ0n) is 12.5. The molecule has 0 atom stereocenters. The van der Waals surface area contributed by atoms with E-state index in [9.17, 15) is 9.18 Å². The summed E-state index contributed by atoms with van der Waals surface area (Å²) in [4.78, 5) is 12.2. The second-order valence-corrected chi connectivity index (χ2v) is 5.27. The van der Waals surface area contributed by atoms with Crippen LogP contribution in [0.2, 0.25) is 0 Å². The molecule has 2 heterocycles. The molecule has 0 saturated heterocycles. The standard InChI is InChI=1S/C16H17FN2O2.ClH/c1-9-7-13(10(2)21-9)16(20)19-14-4-3-11-8-18-6-5-12(11)15(14)17;/h3-4,7,18H,5-6,8H2,1-2H3,(H,19,20);1H. The molecule has 118 valence electrons. The number of carbonyl (C=O) groups is 1. The van der Waals surface area contributed by atoms with Crippen molar-refractivity contribution >= 4 is 24.0 Å². The van der Waals surface area contributed by atoms with Gasteiger partial charge in [-0.1, -0.05) is 6.07 Å². The Morgan fingerprint density at radius 1 is 1.36 bits per heavy atom. The summed E-state index contributed by atoms with van der Waals surface area (Å²) in [5.74, 6) is 0.513. The van der Waals surface area contributed by atoms with Crippen molar-refractivity contribution in [2.45, 2.75) is 26.8 Å². The minimum Gasteiger partial charge on any atom is -0.466 e. The maximum Gasteiger partial charge on any atom is 0.259 e. The molecule has 2 aromatic rings. The number of benzene rings is 1. The van der Waals surface area contributed by atoms with Gasteiger partial charge in [0, 0.05) is 6.54 Å². The van der Waals surface area contributed by atoms with Crippen LogP contribution in [-0.4, -0.2) is 12.5 Å². The van der Waals surface area contributed by atoms with Crippen LogP contribution in [0.4, 0.5) is 10.1 Å². The molecule has 0 bridgehead atoms. The van der Waals surface area contributed by atoms with Gasteiger partial charge in [-0.25, -0.2) is 4.39 Å². The molecule has 3 rings (SSSR count). The van der Waals surface area contributed by atoms with Crippen LogP contribution < -0.4 is 10.6 Å². The molecule has 0 aliphatic carbocycles. The van der Waals surface area contributed by atoms with E-state index in [-0.39, 0.29) is 29.8 Å². The predicted molar refractivity (Wildman–Crippen MR) is 85.2 cm³/mol. The van der Waals surface area contributed by atoms with E-state index in [1.807, 2.05) is 6.07 Å². The number of hydrogen-bond donors (Lipinski definition) is 2. The Labute approximate surface area is 134 Å². The second-order valence-electron chi connectivity index (χ2n) is 5.27. The van der Waals surface area contributed by atoms with E-state index in [1.165, 1.54) is 0 Å². The van der Waals surface area contributed by atoms with Gasteiger partial charge in [0.05, 0.1) is 11.3 Å². The number of amides is 1. The van der Waals surface area contributed by atoms with Crippen molar-refractivity contribution in [2.75, 3.05) is 11.9 Å². The molecule has 1 amide bonds. The molecule has 1 aliphatic heterocycles. The lowest BCUT2D eigenvalue weighted by Gasteiger charge is -2.19. The second kappa shape index (κ2) is 6.50. The summed E-state index contributed by atoms with van der Waals surface area (Å²) in [6.45, 7) is 4.91. The highest BCUT2D eigenvalue weighted by atomic mass is 35.5. The highest BCUT2D eigenvalue weighted by molar-refractivity contribution is 6.05. The van der Waals surface area contributed by atoms with Crippen molar-refractivity contribution in [1.29, 1.82) is 0 Å². The van der Waals surface area contributed by atoms with E-state index in [2.05, 4.69) is 10.6 Å². The van der Waals surface area contributed by atoms with E-state index in [0.29, 0.717) is 35.6 Å². The van der Waals surface area contributed by atoms with Crippen molar-refractivity contribution < 1.29 is 13.6 Å². The average Bonchev–Trinajstić information content (AvgIpc) is 2.81. The molecule has 22 heavy (non-hydrogen) atoms. The molecule has 1 aliphatic rings. The zero-order valence-corrected chi connectivity index (χ0v) is 13.3. The summed E-state index contributed by atoms with van der Waals surface area (Å²) < 4.78 is 19.8. The van der Waals surface area contributed by atoms with E-state index < -0.39 is 0 Å². The molecule has 0 radical (unpaired) electrons. The summed E-state index contributed by atoms with van der Waals surface area (Å²) in [5.41, 5.74) is 2.30. The fourth-order valence-corrected chi connectivity index (χ4v) is 2.68. The molecule has 0 fully saturated rings. The number of hydrogen-bond acceptors (Lipinski definition) is 3. The molecule has 1 aromatic heterocycles. The minimum atomic E-state index is -0.350. The van der Waals surface area contributed by atoms with Crippen LogP contribution in [0.3, 0.4) is 0 Å². The van der Waals surface area contributed by atoms with Crippen LogP contribution in [0.15, 0.2) is 22.6 Å². The number of fused-ring (bicyclic) bond motifs is 1. The van der Waals surface area contributed by atoms with Crippen LogP contribution in [0.5, 0.6) is 0 Å². The number of rotatable bonds is 2. The normalized spacial score (nSPS) is 13.2. The lowest BCUT2D eigenvalue weighted by atomic mass is 9.99. The van der Waals surface area contributed by atoms with Gasteiger partial charge in [-0.15, -0.1) is 12.4 Å². The third-order valence-electron chi connectivity index (χ3n) is 3.74. The number of aryl methyl sites for hydroxylation is 2. The first-order valence-electron chi connectivity index (χ1n) is 6.95. The molecule has 6 heteroatoms. The summed E-state index contributed by atoms with van der Waals surface area (Å²) in [6.07, 6.45) is 0.634. The van der Waals surface area contributed by atoms with Crippen molar-refractivity contribution in [3.63, 3.8) is 0 Å². The zero-order chi connectivity index (χ0) is 15.0. The first-order valence-corrected chi connectivity index (χ1v) is 6.95. The van der Waals surface area contributed by atoms with Gasteiger partial charge in [-0.2, -0.15) is 0 Å². The Balaban J connectivity index is 0.00000176. The van der Waals surface area contributed by atoms with Gasteiger partial charge in [0.15, 0.2) is 0 Å². The van der Waals surface area contributed by atoms with Crippen LogP contribution in [0, 0.1) is 19.7 Å². The van der Waals surface area contributed by atoms with Crippen LogP contribution >= 0.6 is 12.4 Å². The highest BCUT2D eigenvalue weighted by Gasteiger charge is 2.19. The fraction of sp³-hybridized carbons (Fsp3) is 0.312. The largest absolute Gasteiger partial charge is 0.466 e. The number of nitrogens with one attached hydrogen (secondary N) is 2. The molecule has 0 saturated carbocycles. The van der Waals surface area contributed by atoms with Crippen LogP contribution in [0.1, 0.15) is 33.0 Å². The van der Waals surface area contributed by atoms with E-state index in [1.54, 1.807) is 26.0 Å². The van der Waals surface area contributed by atoms with Crippen molar-refractivity contribution in [2.24, 2.45) is 0 Å². The molecular weight excluding hydrogens is 307 g/mol. The Hall–Kier alpha value is -1.85. The van der Waals surface area contributed by atoms with Gasteiger partial charge in [0.2, 0.25) is 0 Å². The van der Waals surface area contributed by atoms with Crippen LogP contribution in [-0.2, 0) is 13.0 Å². The van der Waals surface area contributed by atoms with Gasteiger partial charge >= 0.3 is 0 Å². The first-order chi connectivity index (χ1) is 10.1. The summed E-state index contributed by atoms with van der Waals surface area (Å²) in [6, 6.07) is 5.12. The van der Waals surface area contributed by atoms with Gasteiger partial charge in [-0.3, -0.25) is 4.79 Å². The van der Waals surface area contributed by atoms with Crippen molar-refractivity contribution in [1.82, 2.24) is 5.32 Å². The minimum absolute atomic E-state index is 0. The summed E-state index contributed by atoms with van der Waals surface area (Å²) >= 11 is 0. The number of carbonyl (C=O) groups excluding carboxylic acids is 1. The highest BCUT2D eigenvalue weighted by Crippen LogP contribution is 2.25. The summed E-state index contributed by atoms with van der Waals surface area (Å²) in [7, 11) is 0. The Bertz CT molecular complexity index is 712. The van der Waals surface area contributed by atoms with Crippen molar-refractivity contribution in [3.8, 4) is 0 Å². The van der Waals surface area contributed by atoms with E-state index >= 15 is 0 Å². The van der Waals surface area contributed by atoms with Gasteiger partial charge in [0.1, 0.15) is 17.3 Å². The third kappa shape index (κ3) is 3.00. The molecule has 4 nitrogen and oxygen atoms in total. The maximum atomic E-state index is 14.5. The Morgan fingerprint density at radius 2 is 2.14 bits per heavy atom. The SMILES string of the molecule is Cc1cc(C(=O)Nc2ccc3c(c2F)CCNC3)c(C)o1.Cl. The molecule has 2 N–H and O–H groups in total. The lowest BCUT2D eigenvalue weighted by Crippen LogP contribution is -2.25. The maximum absolute atomic E-state index is 14.5. The average molecular weight is 325 g/mol. The molecule has 0 spiro atoms. The Kier molecular flexibility index (Phi) is 4.88. The lowest BCUT2D eigenvalue weighted by molar-refractivity contribution is 0.102.